The molecule has 7 heteroatoms. The number of aryl methyl sites for hydroxylation is 1. The van der Waals surface area contributed by atoms with Crippen molar-refractivity contribution in [3.05, 3.63) is 38.7 Å². The number of nitrogens with zero attached hydrogens (tertiary/aromatic N) is 4. The number of hydrogen-bond donors (Lipinski definition) is 1. The minimum Gasteiger partial charge on any atom is -0.369 e. The van der Waals surface area contributed by atoms with Gasteiger partial charge in [-0.1, -0.05) is 11.6 Å². The van der Waals surface area contributed by atoms with Crippen LogP contribution in [0.5, 0.6) is 0 Å². The summed E-state index contributed by atoms with van der Waals surface area (Å²) in [5, 5.41) is 17.7. The Balaban J connectivity index is 1.71. The molecule has 2 aromatic heterocycles. The van der Waals surface area contributed by atoms with Crippen molar-refractivity contribution < 1.29 is 0 Å². The predicted molar refractivity (Wildman–Crippen MR) is 91.7 cm³/mol. The molecule has 4 rings (SSSR count). The van der Waals surface area contributed by atoms with Crippen LogP contribution in [0.4, 0.5) is 5.82 Å². The lowest BCUT2D eigenvalue weighted by Crippen LogP contribution is -2.26. The molecule has 1 aliphatic heterocycles. The Morgan fingerprint density at radius 2 is 2.39 bits per heavy atom. The van der Waals surface area contributed by atoms with Crippen LogP contribution >= 0.6 is 27.5 Å². The molecule has 0 saturated heterocycles. The van der Waals surface area contributed by atoms with E-state index in [9.17, 15) is 0 Å². The third-order valence-corrected chi connectivity index (χ3v) is 6.28. The van der Waals surface area contributed by atoms with Crippen molar-refractivity contribution in [3.63, 3.8) is 0 Å². The third-order valence-electron chi connectivity index (χ3n) is 5.06. The zero-order valence-corrected chi connectivity index (χ0v) is 14.9. The number of fused-ring (bicyclic) bond motifs is 2. The van der Waals surface area contributed by atoms with Crippen molar-refractivity contribution >= 4 is 33.3 Å². The van der Waals surface area contributed by atoms with E-state index in [2.05, 4.69) is 37.4 Å². The summed E-state index contributed by atoms with van der Waals surface area (Å²) in [6.07, 6.45) is 4.77. The maximum atomic E-state index is 9.05. The van der Waals surface area contributed by atoms with E-state index in [1.165, 1.54) is 0 Å². The molecule has 0 bridgehead atoms. The molecule has 3 heterocycles. The highest BCUT2D eigenvalue weighted by molar-refractivity contribution is 9.10. The summed E-state index contributed by atoms with van der Waals surface area (Å²) < 4.78 is 2.84. The molecule has 0 radical (unpaired) electrons. The van der Waals surface area contributed by atoms with Gasteiger partial charge in [-0.25, -0.2) is 4.98 Å². The Bertz CT molecular complexity index is 840. The Hall–Kier alpha value is -1.58. The van der Waals surface area contributed by atoms with Crippen LogP contribution in [0.3, 0.4) is 0 Å². The van der Waals surface area contributed by atoms with Gasteiger partial charge in [-0.15, -0.1) is 0 Å². The molecule has 5 nitrogen and oxygen atoms in total. The van der Waals surface area contributed by atoms with Crippen LogP contribution in [0.1, 0.15) is 42.3 Å². The number of aromatic nitrogens is 3. The summed E-state index contributed by atoms with van der Waals surface area (Å²) in [5.41, 5.74) is 2.64. The number of nitrogens with one attached hydrogen (secondary N) is 1. The van der Waals surface area contributed by atoms with E-state index in [4.69, 9.17) is 16.9 Å². The molecule has 0 aromatic carbocycles. The summed E-state index contributed by atoms with van der Waals surface area (Å²) in [7, 11) is 0. The SMILES string of the molecule is Cc1cc(C#N)nn1[C@H]1CC[C@@]2(CNc3ncc(Br)c(Cl)c32)C1. The Morgan fingerprint density at radius 1 is 1.57 bits per heavy atom. The fourth-order valence-electron chi connectivity index (χ4n) is 4.03. The van der Waals surface area contributed by atoms with Gasteiger partial charge in [0.15, 0.2) is 5.69 Å². The molecule has 1 spiro atoms. The number of pyridine rings is 1. The molecular formula is C16H15BrClN5. The molecular weight excluding hydrogens is 378 g/mol. The van der Waals surface area contributed by atoms with Gasteiger partial charge in [0.25, 0.3) is 0 Å². The van der Waals surface area contributed by atoms with Crippen LogP contribution in [0, 0.1) is 18.3 Å². The lowest BCUT2D eigenvalue weighted by molar-refractivity contribution is 0.412. The molecule has 2 aliphatic rings. The monoisotopic (exact) mass is 391 g/mol. The van der Waals surface area contributed by atoms with Crippen LogP contribution in [-0.4, -0.2) is 21.3 Å². The maximum absolute atomic E-state index is 9.05. The summed E-state index contributed by atoms with van der Waals surface area (Å²) in [6, 6.07) is 4.26. The van der Waals surface area contributed by atoms with Gasteiger partial charge >= 0.3 is 0 Å². The number of anilines is 1. The quantitative estimate of drug-likeness (QED) is 0.797. The molecule has 1 aliphatic carbocycles. The van der Waals surface area contributed by atoms with E-state index >= 15 is 0 Å². The van der Waals surface area contributed by atoms with E-state index in [0.717, 1.165) is 52.4 Å². The highest BCUT2D eigenvalue weighted by Crippen LogP contribution is 2.54. The fraction of sp³-hybridized carbons (Fsp3) is 0.438. The first-order valence-electron chi connectivity index (χ1n) is 7.59. The average molecular weight is 393 g/mol. The second kappa shape index (κ2) is 5.22. The third kappa shape index (κ3) is 2.18. The van der Waals surface area contributed by atoms with Gasteiger partial charge in [0.05, 0.1) is 15.5 Å². The highest BCUT2D eigenvalue weighted by atomic mass is 79.9. The van der Waals surface area contributed by atoms with Crippen molar-refractivity contribution in [1.29, 1.82) is 5.26 Å². The number of rotatable bonds is 1. The smallest absolute Gasteiger partial charge is 0.162 e. The van der Waals surface area contributed by atoms with Crippen LogP contribution in [0.15, 0.2) is 16.7 Å². The van der Waals surface area contributed by atoms with Gasteiger partial charge in [-0.2, -0.15) is 10.4 Å². The topological polar surface area (TPSA) is 66.5 Å². The van der Waals surface area contributed by atoms with Crippen molar-refractivity contribution in [1.82, 2.24) is 14.8 Å². The summed E-state index contributed by atoms with van der Waals surface area (Å²) in [4.78, 5) is 4.46. The van der Waals surface area contributed by atoms with Crippen LogP contribution in [-0.2, 0) is 5.41 Å². The highest BCUT2D eigenvalue weighted by Gasteiger charge is 2.48. The van der Waals surface area contributed by atoms with Crippen LogP contribution in [0.2, 0.25) is 5.02 Å². The molecule has 118 valence electrons. The van der Waals surface area contributed by atoms with Gasteiger partial charge in [0, 0.05) is 29.4 Å². The van der Waals surface area contributed by atoms with E-state index in [-0.39, 0.29) is 5.41 Å². The second-order valence-corrected chi connectivity index (χ2v) is 7.63. The van der Waals surface area contributed by atoms with Crippen molar-refractivity contribution in [3.8, 4) is 6.07 Å². The maximum Gasteiger partial charge on any atom is 0.162 e. The number of nitriles is 1. The predicted octanol–water partition coefficient (Wildman–Crippen LogP) is 3.96. The van der Waals surface area contributed by atoms with Crippen molar-refractivity contribution in [2.24, 2.45) is 0 Å². The summed E-state index contributed by atoms with van der Waals surface area (Å²) in [6.45, 7) is 2.86. The lowest BCUT2D eigenvalue weighted by atomic mass is 9.81. The zero-order valence-electron chi connectivity index (χ0n) is 12.6. The fourth-order valence-corrected chi connectivity index (χ4v) is 4.67. The molecule has 23 heavy (non-hydrogen) atoms. The van der Waals surface area contributed by atoms with Crippen molar-refractivity contribution in [2.45, 2.75) is 37.6 Å². The number of halogens is 2. The Labute approximate surface area is 147 Å². The van der Waals surface area contributed by atoms with Gasteiger partial charge in [0.1, 0.15) is 11.9 Å². The molecule has 2 aromatic rings. The van der Waals surface area contributed by atoms with Crippen molar-refractivity contribution in [2.75, 3.05) is 11.9 Å². The van der Waals surface area contributed by atoms with Gasteiger partial charge < -0.3 is 5.32 Å². The molecule has 1 N–H and O–H groups in total. The van der Waals surface area contributed by atoms with Gasteiger partial charge in [0.2, 0.25) is 0 Å². The molecule has 1 fully saturated rings. The van der Waals surface area contributed by atoms with E-state index < -0.39 is 0 Å². The molecule has 0 amide bonds. The molecule has 0 unspecified atom stereocenters. The minimum atomic E-state index is -0.000933. The lowest BCUT2D eigenvalue weighted by Gasteiger charge is -2.24. The van der Waals surface area contributed by atoms with Crippen LogP contribution < -0.4 is 5.32 Å². The standard InChI is InChI=1S/C16H15BrClN5/c1-9-4-10(6-19)22-23(9)11-2-3-16(5-11)8-21-15-13(16)14(18)12(17)7-20-15/h4,7,11H,2-3,5,8H2,1H3,(H,20,21)/t11-,16-/m0/s1. The normalized spacial score (nSPS) is 25.4. The molecule has 1 saturated carbocycles. The zero-order chi connectivity index (χ0) is 16.2. The van der Waals surface area contributed by atoms with Gasteiger partial charge in [-0.05, 0) is 48.2 Å². The average Bonchev–Trinajstić information content (AvgIpc) is 3.22. The first-order valence-corrected chi connectivity index (χ1v) is 8.76. The minimum absolute atomic E-state index is 0.000933. The van der Waals surface area contributed by atoms with E-state index in [1.807, 2.05) is 17.7 Å². The van der Waals surface area contributed by atoms with E-state index in [0.29, 0.717) is 11.7 Å². The largest absolute Gasteiger partial charge is 0.369 e. The Kier molecular flexibility index (Phi) is 3.40. The van der Waals surface area contributed by atoms with E-state index in [1.54, 1.807) is 6.20 Å². The Morgan fingerprint density at radius 3 is 3.13 bits per heavy atom. The van der Waals surface area contributed by atoms with Crippen LogP contribution in [0.25, 0.3) is 0 Å². The van der Waals surface area contributed by atoms with Gasteiger partial charge in [-0.3, -0.25) is 4.68 Å². The first kappa shape index (κ1) is 15.0. The summed E-state index contributed by atoms with van der Waals surface area (Å²) in [5.74, 6) is 0.897. The molecule has 2 atom stereocenters. The first-order chi connectivity index (χ1) is 11.0. The summed E-state index contributed by atoms with van der Waals surface area (Å²) >= 11 is 10.1. The number of hydrogen-bond acceptors (Lipinski definition) is 4. The second-order valence-electron chi connectivity index (χ2n) is 6.40.